The second kappa shape index (κ2) is 4.81. The first-order chi connectivity index (χ1) is 7.29. The Labute approximate surface area is 91.0 Å². The van der Waals surface area contributed by atoms with E-state index in [1.165, 1.54) is 25.7 Å². The third-order valence-electron chi connectivity index (χ3n) is 3.20. The van der Waals surface area contributed by atoms with Crippen molar-refractivity contribution in [1.82, 2.24) is 5.32 Å². The number of nitrogens with two attached hydrogens (primary N) is 1. The first kappa shape index (κ1) is 10.7. The van der Waals surface area contributed by atoms with Crippen LogP contribution in [-0.4, -0.2) is 18.6 Å². The van der Waals surface area contributed by atoms with Gasteiger partial charge in [0.2, 0.25) is 0 Å². The minimum Gasteiger partial charge on any atom is -0.469 e. The molecule has 0 amide bonds. The SMILES string of the molecule is NC1(CNCCc2ccco2)CCCC1. The maximum absolute atomic E-state index is 6.23. The molecular formula is C12H20N2O. The zero-order valence-electron chi connectivity index (χ0n) is 9.17. The van der Waals surface area contributed by atoms with E-state index in [0.29, 0.717) is 0 Å². The Morgan fingerprint density at radius 3 is 2.87 bits per heavy atom. The van der Waals surface area contributed by atoms with E-state index in [4.69, 9.17) is 10.2 Å². The minimum atomic E-state index is 0.0587. The second-order valence-corrected chi connectivity index (χ2v) is 4.58. The largest absolute Gasteiger partial charge is 0.469 e. The summed E-state index contributed by atoms with van der Waals surface area (Å²) < 4.78 is 5.26. The molecular weight excluding hydrogens is 188 g/mol. The van der Waals surface area contributed by atoms with Gasteiger partial charge in [-0.15, -0.1) is 0 Å². The fraction of sp³-hybridized carbons (Fsp3) is 0.667. The lowest BCUT2D eigenvalue weighted by Gasteiger charge is -2.23. The molecule has 15 heavy (non-hydrogen) atoms. The van der Waals surface area contributed by atoms with Gasteiger partial charge in [-0.05, 0) is 25.0 Å². The molecule has 3 nitrogen and oxygen atoms in total. The minimum absolute atomic E-state index is 0.0587. The fourth-order valence-corrected chi connectivity index (χ4v) is 2.26. The molecule has 0 atom stereocenters. The lowest BCUT2D eigenvalue weighted by molar-refractivity contribution is 0.401. The topological polar surface area (TPSA) is 51.2 Å². The van der Waals surface area contributed by atoms with E-state index >= 15 is 0 Å². The van der Waals surface area contributed by atoms with Gasteiger partial charge in [-0.2, -0.15) is 0 Å². The highest BCUT2D eigenvalue weighted by Gasteiger charge is 2.28. The summed E-state index contributed by atoms with van der Waals surface area (Å²) in [4.78, 5) is 0. The van der Waals surface area contributed by atoms with E-state index in [9.17, 15) is 0 Å². The van der Waals surface area contributed by atoms with Gasteiger partial charge in [0.05, 0.1) is 6.26 Å². The molecule has 2 rings (SSSR count). The molecule has 0 aliphatic heterocycles. The molecule has 1 saturated carbocycles. The van der Waals surface area contributed by atoms with Crippen LogP contribution in [0, 0.1) is 0 Å². The van der Waals surface area contributed by atoms with Crippen LogP contribution in [0.15, 0.2) is 22.8 Å². The predicted molar refractivity (Wildman–Crippen MR) is 60.7 cm³/mol. The van der Waals surface area contributed by atoms with Crippen LogP contribution in [0.25, 0.3) is 0 Å². The molecule has 1 fully saturated rings. The average Bonchev–Trinajstić information content (AvgIpc) is 2.84. The van der Waals surface area contributed by atoms with Gasteiger partial charge in [-0.25, -0.2) is 0 Å². The van der Waals surface area contributed by atoms with Crippen molar-refractivity contribution in [2.24, 2.45) is 5.73 Å². The van der Waals surface area contributed by atoms with Gasteiger partial charge in [0, 0.05) is 25.0 Å². The van der Waals surface area contributed by atoms with Gasteiger partial charge in [-0.1, -0.05) is 12.8 Å². The molecule has 0 radical (unpaired) electrons. The molecule has 1 aromatic rings. The summed E-state index contributed by atoms with van der Waals surface area (Å²) >= 11 is 0. The van der Waals surface area contributed by atoms with E-state index in [1.54, 1.807) is 6.26 Å². The molecule has 84 valence electrons. The maximum Gasteiger partial charge on any atom is 0.105 e. The molecule has 0 spiro atoms. The van der Waals surface area contributed by atoms with Gasteiger partial charge in [-0.3, -0.25) is 0 Å². The summed E-state index contributed by atoms with van der Waals surface area (Å²) in [5, 5.41) is 3.42. The van der Waals surface area contributed by atoms with Crippen molar-refractivity contribution in [3.63, 3.8) is 0 Å². The van der Waals surface area contributed by atoms with Crippen LogP contribution >= 0.6 is 0 Å². The lowest BCUT2D eigenvalue weighted by Crippen LogP contribution is -2.46. The van der Waals surface area contributed by atoms with Crippen molar-refractivity contribution < 1.29 is 4.42 Å². The van der Waals surface area contributed by atoms with Crippen LogP contribution < -0.4 is 11.1 Å². The van der Waals surface area contributed by atoms with Crippen LogP contribution in [0.5, 0.6) is 0 Å². The van der Waals surface area contributed by atoms with Gasteiger partial charge in [0.25, 0.3) is 0 Å². The highest BCUT2D eigenvalue weighted by atomic mass is 16.3. The highest BCUT2D eigenvalue weighted by Crippen LogP contribution is 2.26. The van der Waals surface area contributed by atoms with E-state index in [-0.39, 0.29) is 5.54 Å². The second-order valence-electron chi connectivity index (χ2n) is 4.58. The van der Waals surface area contributed by atoms with Crippen LogP contribution in [0.1, 0.15) is 31.4 Å². The Bertz CT molecular complexity index is 276. The van der Waals surface area contributed by atoms with E-state index in [0.717, 1.165) is 25.3 Å². The Balaban J connectivity index is 1.62. The zero-order valence-corrected chi connectivity index (χ0v) is 9.17. The average molecular weight is 208 g/mol. The van der Waals surface area contributed by atoms with Crippen LogP contribution in [0.3, 0.4) is 0 Å². The zero-order chi connectivity index (χ0) is 10.6. The van der Waals surface area contributed by atoms with Crippen molar-refractivity contribution in [2.45, 2.75) is 37.6 Å². The molecule has 0 unspecified atom stereocenters. The number of rotatable bonds is 5. The molecule has 1 aliphatic carbocycles. The van der Waals surface area contributed by atoms with Crippen molar-refractivity contribution >= 4 is 0 Å². The van der Waals surface area contributed by atoms with Crippen molar-refractivity contribution in [1.29, 1.82) is 0 Å². The molecule has 1 aromatic heterocycles. The summed E-state index contributed by atoms with van der Waals surface area (Å²) in [7, 11) is 0. The van der Waals surface area contributed by atoms with Crippen molar-refractivity contribution in [3.8, 4) is 0 Å². The summed E-state index contributed by atoms with van der Waals surface area (Å²) in [6.45, 7) is 1.89. The molecule has 0 bridgehead atoms. The maximum atomic E-state index is 6.23. The summed E-state index contributed by atoms with van der Waals surface area (Å²) in [6, 6.07) is 3.94. The molecule has 1 heterocycles. The van der Waals surface area contributed by atoms with Crippen LogP contribution in [0.4, 0.5) is 0 Å². The van der Waals surface area contributed by atoms with Crippen molar-refractivity contribution in [2.75, 3.05) is 13.1 Å². The number of hydrogen-bond donors (Lipinski definition) is 2. The first-order valence-electron chi connectivity index (χ1n) is 5.81. The van der Waals surface area contributed by atoms with Crippen LogP contribution in [0.2, 0.25) is 0 Å². The standard InChI is InChI=1S/C12H20N2O/c13-12(6-1-2-7-12)10-14-8-5-11-4-3-9-15-11/h3-4,9,14H,1-2,5-8,10,13H2. The molecule has 0 aromatic carbocycles. The van der Waals surface area contributed by atoms with E-state index in [2.05, 4.69) is 5.32 Å². The Morgan fingerprint density at radius 2 is 2.20 bits per heavy atom. The van der Waals surface area contributed by atoms with E-state index in [1.807, 2.05) is 12.1 Å². The smallest absolute Gasteiger partial charge is 0.105 e. The van der Waals surface area contributed by atoms with Gasteiger partial charge >= 0.3 is 0 Å². The normalized spacial score (nSPS) is 19.5. The molecule has 3 N–H and O–H groups in total. The third kappa shape index (κ3) is 3.08. The number of furan rings is 1. The predicted octanol–water partition coefficient (Wildman–Crippen LogP) is 1.68. The van der Waals surface area contributed by atoms with Gasteiger partial charge < -0.3 is 15.5 Å². The fourth-order valence-electron chi connectivity index (χ4n) is 2.26. The van der Waals surface area contributed by atoms with Crippen LogP contribution in [-0.2, 0) is 6.42 Å². The number of nitrogens with one attached hydrogen (secondary N) is 1. The summed E-state index contributed by atoms with van der Waals surface area (Å²) in [5.74, 6) is 1.04. The summed E-state index contributed by atoms with van der Waals surface area (Å²) in [6.07, 6.45) is 7.58. The Morgan fingerprint density at radius 1 is 1.40 bits per heavy atom. The summed E-state index contributed by atoms with van der Waals surface area (Å²) in [5.41, 5.74) is 6.29. The van der Waals surface area contributed by atoms with Gasteiger partial charge in [0.15, 0.2) is 0 Å². The first-order valence-corrected chi connectivity index (χ1v) is 5.81. The molecule has 0 saturated heterocycles. The third-order valence-corrected chi connectivity index (χ3v) is 3.20. The molecule has 1 aliphatic rings. The molecule has 3 heteroatoms. The highest BCUT2D eigenvalue weighted by molar-refractivity contribution is 4.98. The monoisotopic (exact) mass is 208 g/mol. The van der Waals surface area contributed by atoms with Crippen molar-refractivity contribution in [3.05, 3.63) is 24.2 Å². The quantitative estimate of drug-likeness (QED) is 0.724. The Kier molecular flexibility index (Phi) is 3.44. The van der Waals surface area contributed by atoms with Gasteiger partial charge in [0.1, 0.15) is 5.76 Å². The van der Waals surface area contributed by atoms with E-state index < -0.39 is 0 Å². The Hall–Kier alpha value is -0.800. The number of hydrogen-bond acceptors (Lipinski definition) is 3. The lowest BCUT2D eigenvalue weighted by atomic mass is 9.99.